The van der Waals surface area contributed by atoms with Gasteiger partial charge in [0.2, 0.25) is 0 Å². The Morgan fingerprint density at radius 2 is 2.33 bits per heavy atom. The molecule has 1 rings (SSSR count). The van der Waals surface area contributed by atoms with Crippen LogP contribution in [0.3, 0.4) is 0 Å². The Labute approximate surface area is 93.5 Å². The molecule has 15 heavy (non-hydrogen) atoms. The first-order valence-electron chi connectivity index (χ1n) is 4.55. The predicted molar refractivity (Wildman–Crippen MR) is 57.9 cm³/mol. The van der Waals surface area contributed by atoms with Crippen LogP contribution in [0.15, 0.2) is 6.07 Å². The van der Waals surface area contributed by atoms with E-state index >= 15 is 0 Å². The topological polar surface area (TPSA) is 67.3 Å². The van der Waals surface area contributed by atoms with Gasteiger partial charge in [-0.25, -0.2) is 9.97 Å². The lowest BCUT2D eigenvalue weighted by Crippen LogP contribution is -2.20. The monoisotopic (exact) mass is 231 g/mol. The maximum absolute atomic E-state index is 8.87. The molecule has 1 aromatic rings. The third-order valence-corrected chi connectivity index (χ3v) is 1.88. The van der Waals surface area contributed by atoms with Gasteiger partial charge >= 0.3 is 0 Å². The Morgan fingerprint density at radius 3 is 2.93 bits per heavy atom. The van der Waals surface area contributed by atoms with Gasteiger partial charge in [0.1, 0.15) is 17.6 Å². The smallest absolute Gasteiger partial charge is 0.158 e. The van der Waals surface area contributed by atoms with Gasteiger partial charge < -0.3 is 15.2 Å². The van der Waals surface area contributed by atoms with Crippen LogP contribution >= 0.6 is 11.6 Å². The third-order valence-electron chi connectivity index (χ3n) is 1.68. The van der Waals surface area contributed by atoms with E-state index < -0.39 is 0 Å². The summed E-state index contributed by atoms with van der Waals surface area (Å²) in [5.41, 5.74) is 0. The number of aliphatic hydroxyl groups is 1. The maximum atomic E-state index is 8.87. The molecular weight excluding hydrogens is 218 g/mol. The standard InChI is InChI=1S/C9H14ClN3O2/c1-6(4-14)11-8-3-7(10)12-9(13-8)5-15-2/h3,6,14H,4-5H2,1-2H3,(H,11,12,13). The van der Waals surface area contributed by atoms with Gasteiger partial charge in [-0.1, -0.05) is 11.6 Å². The Balaban J connectivity index is 2.78. The second-order valence-corrected chi connectivity index (χ2v) is 3.54. The molecule has 0 spiro atoms. The highest BCUT2D eigenvalue weighted by Gasteiger charge is 2.05. The summed E-state index contributed by atoms with van der Waals surface area (Å²) < 4.78 is 4.91. The van der Waals surface area contributed by atoms with Gasteiger partial charge in [-0.15, -0.1) is 0 Å². The number of nitrogens with one attached hydrogen (secondary N) is 1. The molecule has 0 aromatic carbocycles. The van der Waals surface area contributed by atoms with Gasteiger partial charge in [0.05, 0.1) is 6.61 Å². The number of hydrogen-bond donors (Lipinski definition) is 2. The quantitative estimate of drug-likeness (QED) is 0.742. The summed E-state index contributed by atoms with van der Waals surface area (Å²) in [7, 11) is 1.56. The molecule has 0 saturated heterocycles. The maximum Gasteiger partial charge on any atom is 0.158 e. The van der Waals surface area contributed by atoms with Crippen molar-refractivity contribution in [1.29, 1.82) is 0 Å². The highest BCUT2D eigenvalue weighted by Crippen LogP contribution is 2.12. The first kappa shape index (κ1) is 12.2. The number of nitrogens with zero attached hydrogens (tertiary/aromatic N) is 2. The van der Waals surface area contributed by atoms with Crippen molar-refractivity contribution in [3.8, 4) is 0 Å². The predicted octanol–water partition coefficient (Wildman–Crippen LogP) is 1.07. The van der Waals surface area contributed by atoms with Crippen molar-refractivity contribution in [2.45, 2.75) is 19.6 Å². The Kier molecular flexibility index (Phi) is 4.74. The van der Waals surface area contributed by atoms with Crippen molar-refractivity contribution >= 4 is 17.4 Å². The summed E-state index contributed by atoms with van der Waals surface area (Å²) in [6.45, 7) is 2.18. The van der Waals surface area contributed by atoms with Gasteiger partial charge in [0, 0.05) is 19.2 Å². The highest BCUT2D eigenvalue weighted by molar-refractivity contribution is 6.29. The molecule has 0 aliphatic rings. The summed E-state index contributed by atoms with van der Waals surface area (Å²) in [5, 5.41) is 12.2. The molecule has 1 heterocycles. The van der Waals surface area contributed by atoms with E-state index in [1.54, 1.807) is 13.2 Å². The molecule has 84 valence electrons. The van der Waals surface area contributed by atoms with Crippen LogP contribution in [0.5, 0.6) is 0 Å². The fourth-order valence-corrected chi connectivity index (χ4v) is 1.23. The van der Waals surface area contributed by atoms with E-state index in [-0.39, 0.29) is 12.6 Å². The summed E-state index contributed by atoms with van der Waals surface area (Å²) >= 11 is 5.80. The largest absolute Gasteiger partial charge is 0.394 e. The molecule has 2 N–H and O–H groups in total. The number of aliphatic hydroxyl groups excluding tert-OH is 1. The van der Waals surface area contributed by atoms with Crippen molar-refractivity contribution in [3.05, 3.63) is 17.0 Å². The van der Waals surface area contributed by atoms with E-state index in [2.05, 4.69) is 15.3 Å². The molecule has 6 heteroatoms. The number of aromatic nitrogens is 2. The minimum Gasteiger partial charge on any atom is -0.394 e. The van der Waals surface area contributed by atoms with Crippen LogP contribution in [-0.2, 0) is 11.3 Å². The van der Waals surface area contributed by atoms with Crippen LogP contribution in [-0.4, -0.2) is 34.8 Å². The lowest BCUT2D eigenvalue weighted by atomic mass is 10.3. The zero-order valence-corrected chi connectivity index (χ0v) is 9.45. The lowest BCUT2D eigenvalue weighted by molar-refractivity contribution is 0.178. The van der Waals surface area contributed by atoms with Crippen LogP contribution in [0.2, 0.25) is 5.15 Å². The molecule has 0 radical (unpaired) electrons. The van der Waals surface area contributed by atoms with Crippen molar-refractivity contribution in [2.75, 3.05) is 19.0 Å². The first-order chi connectivity index (χ1) is 7.15. The number of ether oxygens (including phenoxy) is 1. The molecule has 0 aliphatic heterocycles. The number of hydrogen-bond acceptors (Lipinski definition) is 5. The molecular formula is C9H14ClN3O2. The minimum atomic E-state index is -0.0774. The van der Waals surface area contributed by atoms with Gasteiger partial charge in [0.25, 0.3) is 0 Å². The van der Waals surface area contributed by atoms with Gasteiger partial charge in [-0.2, -0.15) is 0 Å². The fraction of sp³-hybridized carbons (Fsp3) is 0.556. The average molecular weight is 232 g/mol. The number of halogens is 1. The second kappa shape index (κ2) is 5.85. The number of rotatable bonds is 5. The van der Waals surface area contributed by atoms with Crippen molar-refractivity contribution in [2.24, 2.45) is 0 Å². The van der Waals surface area contributed by atoms with Crippen LogP contribution < -0.4 is 5.32 Å². The zero-order valence-electron chi connectivity index (χ0n) is 8.70. The van der Waals surface area contributed by atoms with E-state index in [4.69, 9.17) is 21.4 Å². The summed E-state index contributed by atoms with van der Waals surface area (Å²) in [4.78, 5) is 8.15. The molecule has 5 nitrogen and oxygen atoms in total. The SMILES string of the molecule is COCc1nc(Cl)cc(NC(C)CO)n1. The van der Waals surface area contributed by atoms with Gasteiger partial charge in [0.15, 0.2) is 5.82 Å². The van der Waals surface area contributed by atoms with E-state index in [1.807, 2.05) is 6.92 Å². The lowest BCUT2D eigenvalue weighted by Gasteiger charge is -2.12. The molecule has 1 aromatic heterocycles. The average Bonchev–Trinajstić information content (AvgIpc) is 2.17. The van der Waals surface area contributed by atoms with E-state index in [0.717, 1.165) is 0 Å². The van der Waals surface area contributed by atoms with Crippen LogP contribution in [0, 0.1) is 0 Å². The Bertz CT molecular complexity index is 322. The third kappa shape index (κ3) is 3.99. The minimum absolute atomic E-state index is 0.0290. The van der Waals surface area contributed by atoms with Crippen LogP contribution in [0.4, 0.5) is 5.82 Å². The molecule has 0 amide bonds. The van der Waals surface area contributed by atoms with Crippen molar-refractivity contribution in [1.82, 2.24) is 9.97 Å². The van der Waals surface area contributed by atoms with E-state index in [9.17, 15) is 0 Å². The van der Waals surface area contributed by atoms with Gasteiger partial charge in [-0.05, 0) is 6.92 Å². The number of anilines is 1. The van der Waals surface area contributed by atoms with Crippen molar-refractivity contribution in [3.63, 3.8) is 0 Å². The molecule has 1 atom stereocenters. The second-order valence-electron chi connectivity index (χ2n) is 3.15. The Hall–Kier alpha value is -0.910. The molecule has 0 saturated carbocycles. The summed E-state index contributed by atoms with van der Waals surface area (Å²) in [5.74, 6) is 1.10. The molecule has 0 fully saturated rings. The normalized spacial score (nSPS) is 12.5. The van der Waals surface area contributed by atoms with Gasteiger partial charge in [-0.3, -0.25) is 0 Å². The summed E-state index contributed by atoms with van der Waals surface area (Å²) in [6.07, 6.45) is 0. The molecule has 0 aliphatic carbocycles. The first-order valence-corrected chi connectivity index (χ1v) is 4.93. The van der Waals surface area contributed by atoms with Crippen LogP contribution in [0.1, 0.15) is 12.7 Å². The highest BCUT2D eigenvalue weighted by atomic mass is 35.5. The van der Waals surface area contributed by atoms with E-state index in [0.29, 0.717) is 23.4 Å². The summed E-state index contributed by atoms with van der Waals surface area (Å²) in [6, 6.07) is 1.53. The molecule has 0 bridgehead atoms. The fourth-order valence-electron chi connectivity index (χ4n) is 1.03. The zero-order chi connectivity index (χ0) is 11.3. The van der Waals surface area contributed by atoms with Crippen LogP contribution in [0.25, 0.3) is 0 Å². The molecule has 1 unspecified atom stereocenters. The van der Waals surface area contributed by atoms with Crippen molar-refractivity contribution < 1.29 is 9.84 Å². The Morgan fingerprint density at radius 1 is 1.60 bits per heavy atom. The van der Waals surface area contributed by atoms with E-state index in [1.165, 1.54) is 0 Å². The number of methoxy groups -OCH3 is 1.